The Kier molecular flexibility index (Phi) is 65.5. The van der Waals surface area contributed by atoms with Crippen molar-refractivity contribution in [1.29, 1.82) is 0 Å². The molecule has 0 aliphatic heterocycles. The van der Waals surface area contributed by atoms with E-state index in [0.717, 1.165) is 102 Å². The lowest BCUT2D eigenvalue weighted by Gasteiger charge is -2.21. The van der Waals surface area contributed by atoms with Crippen LogP contribution in [0.25, 0.3) is 0 Å². The fraction of sp³-hybridized carbons (Fsp3) is 0.947. The number of hydrogen-bond donors (Lipinski definition) is 3. The van der Waals surface area contributed by atoms with E-state index in [4.69, 9.17) is 37.0 Å². The number of ether oxygens (including phenoxy) is 4. The molecule has 0 rings (SSSR count). The van der Waals surface area contributed by atoms with Crippen molar-refractivity contribution < 1.29 is 80.2 Å². The predicted octanol–water partition coefficient (Wildman–Crippen LogP) is 21.9. The molecule has 3 N–H and O–H groups in total. The van der Waals surface area contributed by atoms with Gasteiger partial charge in [0.2, 0.25) is 0 Å². The normalized spacial score (nSPS) is 14.3. The molecule has 0 aromatic rings. The van der Waals surface area contributed by atoms with E-state index in [1.54, 1.807) is 0 Å². The summed E-state index contributed by atoms with van der Waals surface area (Å²) in [7, 11) is -9.90. The largest absolute Gasteiger partial charge is 0.472 e. The van der Waals surface area contributed by atoms with Gasteiger partial charge in [0.15, 0.2) is 12.2 Å². The van der Waals surface area contributed by atoms with Crippen LogP contribution in [0.3, 0.4) is 0 Å². The van der Waals surface area contributed by atoms with Gasteiger partial charge in [-0.3, -0.25) is 37.3 Å². The number of carbonyl (C=O) groups is 4. The molecule has 0 spiro atoms. The first-order chi connectivity index (χ1) is 45.4. The molecule has 0 fully saturated rings. The maximum atomic E-state index is 13.1. The zero-order chi connectivity index (χ0) is 69.3. The van der Waals surface area contributed by atoms with Gasteiger partial charge in [-0.05, 0) is 37.5 Å². The van der Waals surface area contributed by atoms with Crippen LogP contribution >= 0.6 is 15.6 Å². The van der Waals surface area contributed by atoms with Crippen LogP contribution < -0.4 is 0 Å². The molecule has 3 unspecified atom stereocenters. The third kappa shape index (κ3) is 67.3. The van der Waals surface area contributed by atoms with Crippen molar-refractivity contribution in [2.75, 3.05) is 39.6 Å². The summed E-state index contributed by atoms with van der Waals surface area (Å²) in [5.41, 5.74) is 0. The number of phosphoric ester groups is 2. The van der Waals surface area contributed by atoms with Gasteiger partial charge in [0.05, 0.1) is 26.4 Å². The van der Waals surface area contributed by atoms with Gasteiger partial charge >= 0.3 is 39.5 Å². The number of aliphatic hydroxyl groups is 1. The van der Waals surface area contributed by atoms with E-state index in [1.807, 2.05) is 0 Å². The summed E-state index contributed by atoms with van der Waals surface area (Å²) in [5, 5.41) is 10.6. The van der Waals surface area contributed by atoms with Crippen LogP contribution in [0.15, 0.2) is 0 Å². The second-order valence-electron chi connectivity index (χ2n) is 27.8. The monoisotopic (exact) mass is 1380 g/mol. The molecule has 19 heteroatoms. The Morgan fingerprint density at radius 3 is 0.809 bits per heavy atom. The van der Waals surface area contributed by atoms with Crippen molar-refractivity contribution in [2.45, 2.75) is 407 Å². The molecule has 0 aromatic heterocycles. The standard InChI is InChI=1S/C75H146O17P2/c1-7-10-12-14-16-18-19-20-21-22-23-24-25-26-27-28-29-30-36-40-47-53-59-74(79)91-70(63-86-73(78)58-52-46-39-35-32-31-34-37-43-49-55-67(4)5)65-89-93(81,82)87-61-69(76)62-88-94(83,84)90-66-71(64-85-72(77)57-51-45-38-33-17-15-13-11-8-2)92-75(80)60-54-48-42-41-44-50-56-68(6)9-3/h67-71,76H,7-66H2,1-6H3,(H,81,82)(H,83,84)/t68?,69-,70-,71-/m1/s1. The van der Waals surface area contributed by atoms with Crippen LogP contribution in [0.4, 0.5) is 0 Å². The van der Waals surface area contributed by atoms with Gasteiger partial charge in [0.1, 0.15) is 19.3 Å². The highest BCUT2D eigenvalue weighted by atomic mass is 31.2. The second kappa shape index (κ2) is 66.9. The predicted molar refractivity (Wildman–Crippen MR) is 381 cm³/mol. The Morgan fingerprint density at radius 2 is 0.543 bits per heavy atom. The Labute approximate surface area is 575 Å². The van der Waals surface area contributed by atoms with E-state index in [9.17, 15) is 43.2 Å². The first kappa shape index (κ1) is 92.1. The fourth-order valence-electron chi connectivity index (χ4n) is 11.4. The molecule has 0 saturated carbocycles. The first-order valence-electron chi connectivity index (χ1n) is 39.0. The van der Waals surface area contributed by atoms with E-state index in [0.29, 0.717) is 25.7 Å². The van der Waals surface area contributed by atoms with Gasteiger partial charge in [-0.2, -0.15) is 0 Å². The van der Waals surface area contributed by atoms with Crippen molar-refractivity contribution in [3.63, 3.8) is 0 Å². The average Bonchev–Trinajstić information content (AvgIpc) is 2.51. The summed E-state index contributed by atoms with van der Waals surface area (Å²) in [6, 6.07) is 0. The smallest absolute Gasteiger partial charge is 0.462 e. The van der Waals surface area contributed by atoms with E-state index in [2.05, 4.69) is 41.5 Å². The number of rotatable bonds is 74. The van der Waals surface area contributed by atoms with Gasteiger partial charge < -0.3 is 33.8 Å². The van der Waals surface area contributed by atoms with Crippen molar-refractivity contribution in [1.82, 2.24) is 0 Å². The van der Waals surface area contributed by atoms with Gasteiger partial charge in [0.25, 0.3) is 0 Å². The molecule has 0 radical (unpaired) electrons. The van der Waals surface area contributed by atoms with E-state index < -0.39 is 97.5 Å². The Bertz CT molecular complexity index is 1820. The fourth-order valence-corrected chi connectivity index (χ4v) is 13.0. The van der Waals surface area contributed by atoms with Gasteiger partial charge in [-0.25, -0.2) is 9.13 Å². The van der Waals surface area contributed by atoms with Gasteiger partial charge in [0, 0.05) is 25.7 Å². The zero-order valence-corrected chi connectivity index (χ0v) is 63.1. The van der Waals surface area contributed by atoms with Crippen molar-refractivity contribution >= 4 is 39.5 Å². The minimum Gasteiger partial charge on any atom is -0.462 e. The SMILES string of the molecule is CCCCCCCCCCCCCCCCCCCCCCCCC(=O)O[C@H](COC(=O)CCCCCCCCCCCCC(C)C)COP(=O)(O)OC[C@@H](O)COP(=O)(O)OC[C@@H](COC(=O)CCCCCCCCCCC)OC(=O)CCCCCCCCC(C)CC. The number of unbranched alkanes of at least 4 members (excludes halogenated alkanes) is 43. The Morgan fingerprint density at radius 1 is 0.309 bits per heavy atom. The number of carbonyl (C=O) groups excluding carboxylic acids is 4. The van der Waals surface area contributed by atoms with Crippen LogP contribution in [0.1, 0.15) is 388 Å². The summed E-state index contributed by atoms with van der Waals surface area (Å²) in [6.45, 7) is 9.51. The lowest BCUT2D eigenvalue weighted by atomic mass is 10.00. The third-order valence-electron chi connectivity index (χ3n) is 17.8. The Hall–Kier alpha value is -1.94. The lowest BCUT2D eigenvalue weighted by Crippen LogP contribution is -2.30. The molecule has 0 amide bonds. The molecular weight excluding hydrogens is 1230 g/mol. The van der Waals surface area contributed by atoms with Crippen LogP contribution in [-0.2, 0) is 65.4 Å². The number of hydrogen-bond acceptors (Lipinski definition) is 15. The summed E-state index contributed by atoms with van der Waals surface area (Å²) in [4.78, 5) is 72.6. The average molecular weight is 1380 g/mol. The van der Waals surface area contributed by atoms with Crippen LogP contribution in [0.2, 0.25) is 0 Å². The topological polar surface area (TPSA) is 237 Å². The quantitative estimate of drug-likeness (QED) is 0.0222. The van der Waals surface area contributed by atoms with Crippen LogP contribution in [-0.4, -0.2) is 96.7 Å². The molecule has 0 aliphatic carbocycles. The van der Waals surface area contributed by atoms with Crippen LogP contribution in [0, 0.1) is 11.8 Å². The van der Waals surface area contributed by atoms with E-state index in [1.165, 1.54) is 205 Å². The van der Waals surface area contributed by atoms with Crippen molar-refractivity contribution in [3.05, 3.63) is 0 Å². The van der Waals surface area contributed by atoms with Crippen molar-refractivity contribution in [2.24, 2.45) is 11.8 Å². The molecule has 0 heterocycles. The number of esters is 4. The number of aliphatic hydroxyl groups excluding tert-OH is 1. The third-order valence-corrected chi connectivity index (χ3v) is 19.7. The maximum Gasteiger partial charge on any atom is 0.472 e. The first-order valence-corrected chi connectivity index (χ1v) is 42.0. The maximum absolute atomic E-state index is 13.1. The minimum atomic E-state index is -4.96. The highest BCUT2D eigenvalue weighted by Gasteiger charge is 2.30. The lowest BCUT2D eigenvalue weighted by molar-refractivity contribution is -0.161. The highest BCUT2D eigenvalue weighted by molar-refractivity contribution is 7.47. The molecule has 0 bridgehead atoms. The molecule has 17 nitrogen and oxygen atoms in total. The second-order valence-corrected chi connectivity index (χ2v) is 30.7. The molecular formula is C75H146O17P2. The molecule has 558 valence electrons. The van der Waals surface area contributed by atoms with E-state index in [-0.39, 0.29) is 25.7 Å². The van der Waals surface area contributed by atoms with Crippen LogP contribution in [0.5, 0.6) is 0 Å². The van der Waals surface area contributed by atoms with Gasteiger partial charge in [-0.15, -0.1) is 0 Å². The highest BCUT2D eigenvalue weighted by Crippen LogP contribution is 2.45. The molecule has 94 heavy (non-hydrogen) atoms. The summed E-state index contributed by atoms with van der Waals surface area (Å²) < 4.78 is 68.4. The molecule has 0 saturated heterocycles. The zero-order valence-electron chi connectivity index (χ0n) is 61.3. The Balaban J connectivity index is 5.16. The number of phosphoric acid groups is 2. The molecule has 6 atom stereocenters. The summed E-state index contributed by atoms with van der Waals surface area (Å²) in [5.74, 6) is -0.645. The minimum absolute atomic E-state index is 0.103. The van der Waals surface area contributed by atoms with E-state index >= 15 is 0 Å². The van der Waals surface area contributed by atoms with Crippen molar-refractivity contribution in [3.8, 4) is 0 Å². The van der Waals surface area contributed by atoms with Gasteiger partial charge in [-0.1, -0.05) is 337 Å². The molecule has 0 aromatic carbocycles. The summed E-state index contributed by atoms with van der Waals surface area (Å²) in [6.07, 6.45) is 54.4. The molecule has 0 aliphatic rings. The summed E-state index contributed by atoms with van der Waals surface area (Å²) >= 11 is 0.